The van der Waals surface area contributed by atoms with Gasteiger partial charge in [-0.25, -0.2) is 4.39 Å². The largest absolute Gasteiger partial charge is 0.334 e. The summed E-state index contributed by atoms with van der Waals surface area (Å²) in [7, 11) is 0. The topological polar surface area (TPSA) is 20.3 Å². The second kappa shape index (κ2) is 5.37. The first-order valence-electron chi connectivity index (χ1n) is 6.46. The molecule has 20 heavy (non-hydrogen) atoms. The van der Waals surface area contributed by atoms with Crippen molar-refractivity contribution in [3.8, 4) is 0 Å². The monoisotopic (exact) mass is 333 g/mol. The van der Waals surface area contributed by atoms with Gasteiger partial charge in [0.2, 0.25) is 0 Å². The lowest BCUT2D eigenvalue weighted by Crippen LogP contribution is -2.36. The average Bonchev–Trinajstić information content (AvgIpc) is 2.46. The number of halogens is 2. The molecule has 4 heteroatoms. The second-order valence-corrected chi connectivity index (χ2v) is 5.74. The predicted molar refractivity (Wildman–Crippen MR) is 79.0 cm³/mol. The van der Waals surface area contributed by atoms with Gasteiger partial charge in [0, 0.05) is 18.7 Å². The minimum atomic E-state index is -0.288. The highest BCUT2D eigenvalue weighted by molar-refractivity contribution is 9.10. The zero-order valence-electron chi connectivity index (χ0n) is 10.8. The van der Waals surface area contributed by atoms with Crippen molar-refractivity contribution in [1.29, 1.82) is 0 Å². The molecule has 0 N–H and O–H groups in total. The lowest BCUT2D eigenvalue weighted by Gasteiger charge is -2.28. The molecule has 102 valence electrons. The van der Waals surface area contributed by atoms with Crippen LogP contribution in [-0.2, 0) is 13.0 Å². The molecule has 0 fully saturated rings. The number of fused-ring (bicyclic) bond motifs is 1. The van der Waals surface area contributed by atoms with E-state index in [9.17, 15) is 9.18 Å². The van der Waals surface area contributed by atoms with E-state index in [0.29, 0.717) is 17.6 Å². The fraction of sp³-hybridized carbons (Fsp3) is 0.188. The molecular formula is C16H13BrFNO. The van der Waals surface area contributed by atoms with E-state index in [4.69, 9.17) is 0 Å². The highest BCUT2D eigenvalue weighted by atomic mass is 79.9. The molecule has 2 aromatic rings. The van der Waals surface area contributed by atoms with Gasteiger partial charge in [-0.05, 0) is 51.7 Å². The molecule has 1 amide bonds. The molecule has 0 radical (unpaired) electrons. The molecule has 0 saturated carbocycles. The summed E-state index contributed by atoms with van der Waals surface area (Å²) in [5.74, 6) is -0.239. The molecule has 1 heterocycles. The standard InChI is InChI=1S/C16H13BrFNO/c17-14-9-11(5-6-15(14)18)10-19-8-7-12-3-1-2-4-13(12)16(19)20/h1-6,9H,7-8,10H2. The molecular weight excluding hydrogens is 321 g/mol. The van der Waals surface area contributed by atoms with Crippen LogP contribution in [0.4, 0.5) is 4.39 Å². The number of rotatable bonds is 2. The molecule has 0 aromatic heterocycles. The molecule has 0 atom stereocenters. The van der Waals surface area contributed by atoms with Gasteiger partial charge in [-0.2, -0.15) is 0 Å². The van der Waals surface area contributed by atoms with E-state index < -0.39 is 0 Å². The summed E-state index contributed by atoms with van der Waals surface area (Å²) >= 11 is 3.17. The molecule has 0 saturated heterocycles. The maximum absolute atomic E-state index is 13.2. The minimum Gasteiger partial charge on any atom is -0.334 e. The second-order valence-electron chi connectivity index (χ2n) is 4.88. The minimum absolute atomic E-state index is 0.0484. The third-order valence-corrected chi connectivity index (χ3v) is 4.15. The summed E-state index contributed by atoms with van der Waals surface area (Å²) in [6.45, 7) is 1.21. The Balaban J connectivity index is 1.83. The number of hydrogen-bond donors (Lipinski definition) is 0. The number of benzene rings is 2. The van der Waals surface area contributed by atoms with E-state index in [1.54, 1.807) is 12.1 Å². The molecule has 2 aromatic carbocycles. The Labute approximate surface area is 125 Å². The van der Waals surface area contributed by atoms with Gasteiger partial charge in [0.05, 0.1) is 4.47 Å². The zero-order valence-corrected chi connectivity index (χ0v) is 12.4. The van der Waals surface area contributed by atoms with E-state index in [1.165, 1.54) is 6.07 Å². The number of amides is 1. The van der Waals surface area contributed by atoms with Gasteiger partial charge in [0.1, 0.15) is 5.82 Å². The maximum Gasteiger partial charge on any atom is 0.254 e. The molecule has 0 bridgehead atoms. The number of carbonyl (C=O) groups is 1. The molecule has 1 aliphatic rings. The molecule has 3 rings (SSSR count). The van der Waals surface area contributed by atoms with Crippen LogP contribution in [0.2, 0.25) is 0 Å². The average molecular weight is 334 g/mol. The number of nitrogens with zero attached hydrogens (tertiary/aromatic N) is 1. The van der Waals surface area contributed by atoms with Crippen LogP contribution in [0.1, 0.15) is 21.5 Å². The van der Waals surface area contributed by atoms with E-state index >= 15 is 0 Å². The van der Waals surface area contributed by atoms with Gasteiger partial charge in [-0.1, -0.05) is 24.3 Å². The van der Waals surface area contributed by atoms with E-state index in [2.05, 4.69) is 15.9 Å². The summed E-state index contributed by atoms with van der Waals surface area (Å²) in [5, 5.41) is 0. The van der Waals surface area contributed by atoms with Gasteiger partial charge in [0.15, 0.2) is 0 Å². The van der Waals surface area contributed by atoms with Gasteiger partial charge in [0.25, 0.3) is 5.91 Å². The predicted octanol–water partition coefficient (Wildman–Crippen LogP) is 3.79. The SMILES string of the molecule is O=C1c2ccccc2CCN1Cc1ccc(F)c(Br)c1. The van der Waals surface area contributed by atoms with Crippen LogP contribution in [0, 0.1) is 5.82 Å². The first kappa shape index (κ1) is 13.3. The zero-order chi connectivity index (χ0) is 14.1. The third kappa shape index (κ3) is 2.48. The van der Waals surface area contributed by atoms with Crippen LogP contribution in [-0.4, -0.2) is 17.4 Å². The first-order chi connectivity index (χ1) is 9.65. The number of carbonyl (C=O) groups excluding carboxylic acids is 1. The highest BCUT2D eigenvalue weighted by Crippen LogP contribution is 2.22. The van der Waals surface area contributed by atoms with Crippen LogP contribution < -0.4 is 0 Å². The molecule has 1 aliphatic heterocycles. The fourth-order valence-corrected chi connectivity index (χ4v) is 2.91. The lowest BCUT2D eigenvalue weighted by molar-refractivity contribution is 0.0727. The van der Waals surface area contributed by atoms with Crippen molar-refractivity contribution in [2.45, 2.75) is 13.0 Å². The van der Waals surface area contributed by atoms with Crippen molar-refractivity contribution in [1.82, 2.24) is 4.90 Å². The van der Waals surface area contributed by atoms with E-state index in [0.717, 1.165) is 23.1 Å². The van der Waals surface area contributed by atoms with Gasteiger partial charge in [-0.3, -0.25) is 4.79 Å². The van der Waals surface area contributed by atoms with Gasteiger partial charge in [-0.15, -0.1) is 0 Å². The van der Waals surface area contributed by atoms with Crippen molar-refractivity contribution in [3.63, 3.8) is 0 Å². The summed E-state index contributed by atoms with van der Waals surface area (Å²) in [5.41, 5.74) is 2.81. The van der Waals surface area contributed by atoms with Crippen molar-refractivity contribution < 1.29 is 9.18 Å². The summed E-state index contributed by atoms with van der Waals surface area (Å²) < 4.78 is 13.7. The number of hydrogen-bond acceptors (Lipinski definition) is 1. The van der Waals surface area contributed by atoms with Crippen LogP contribution >= 0.6 is 15.9 Å². The molecule has 2 nitrogen and oxygen atoms in total. The summed E-state index contributed by atoms with van der Waals surface area (Å²) in [4.78, 5) is 14.2. The Kier molecular flexibility index (Phi) is 3.57. The van der Waals surface area contributed by atoms with Crippen LogP contribution in [0.5, 0.6) is 0 Å². The molecule has 0 unspecified atom stereocenters. The van der Waals surface area contributed by atoms with Crippen molar-refractivity contribution in [3.05, 3.63) is 69.4 Å². The lowest BCUT2D eigenvalue weighted by atomic mass is 9.99. The Hall–Kier alpha value is -1.68. The van der Waals surface area contributed by atoms with Crippen molar-refractivity contribution >= 4 is 21.8 Å². The van der Waals surface area contributed by atoms with Crippen LogP contribution in [0.15, 0.2) is 46.9 Å². The van der Waals surface area contributed by atoms with Gasteiger partial charge >= 0.3 is 0 Å². The third-order valence-electron chi connectivity index (χ3n) is 3.54. The maximum atomic E-state index is 13.2. The van der Waals surface area contributed by atoms with E-state index in [1.807, 2.05) is 29.2 Å². The first-order valence-corrected chi connectivity index (χ1v) is 7.25. The molecule has 0 aliphatic carbocycles. The highest BCUT2D eigenvalue weighted by Gasteiger charge is 2.23. The van der Waals surface area contributed by atoms with Gasteiger partial charge < -0.3 is 4.90 Å². The smallest absolute Gasteiger partial charge is 0.254 e. The summed E-state index contributed by atoms with van der Waals surface area (Å²) in [6, 6.07) is 12.6. The molecule has 0 spiro atoms. The Morgan fingerprint density at radius 1 is 1.20 bits per heavy atom. The quantitative estimate of drug-likeness (QED) is 0.818. The Morgan fingerprint density at radius 3 is 2.80 bits per heavy atom. The van der Waals surface area contributed by atoms with Crippen molar-refractivity contribution in [2.24, 2.45) is 0 Å². The Morgan fingerprint density at radius 2 is 2.00 bits per heavy atom. The van der Waals surface area contributed by atoms with Crippen LogP contribution in [0.3, 0.4) is 0 Å². The normalized spacial score (nSPS) is 14.3. The van der Waals surface area contributed by atoms with Crippen LogP contribution in [0.25, 0.3) is 0 Å². The Bertz CT molecular complexity index is 671. The van der Waals surface area contributed by atoms with E-state index in [-0.39, 0.29) is 11.7 Å². The summed E-state index contributed by atoms with van der Waals surface area (Å²) in [6.07, 6.45) is 0.865. The fourth-order valence-electron chi connectivity index (χ4n) is 2.48. The van der Waals surface area contributed by atoms with Crippen molar-refractivity contribution in [2.75, 3.05) is 6.54 Å².